The molecule has 2 saturated heterocycles. The van der Waals surface area contributed by atoms with Crippen LogP contribution in [0.2, 0.25) is 0 Å². The Bertz CT molecular complexity index is 1900. The number of piperidine rings is 2. The van der Waals surface area contributed by atoms with Crippen LogP contribution in [0.4, 0.5) is 8.78 Å². The predicted molar refractivity (Wildman–Crippen MR) is 177 cm³/mol. The maximum Gasteiger partial charge on any atom is 0.586 e. The minimum atomic E-state index is -3.77. The van der Waals surface area contributed by atoms with Crippen molar-refractivity contribution in [3.8, 4) is 22.9 Å². The number of carbonyl (C=O) groups excluding carboxylic acids is 2. The highest BCUT2D eigenvalue weighted by Crippen LogP contribution is 2.47. The highest BCUT2D eigenvalue weighted by Gasteiger charge is 2.51. The third-order valence-corrected chi connectivity index (χ3v) is 11.1. The molecule has 4 aliphatic heterocycles. The van der Waals surface area contributed by atoms with Gasteiger partial charge in [-0.3, -0.25) is 14.4 Å². The smallest absolute Gasteiger partial charge is 0.446 e. The van der Waals surface area contributed by atoms with Gasteiger partial charge in [0, 0.05) is 41.1 Å². The molecular formula is C37H42F2N4O6. The molecule has 260 valence electrons. The summed E-state index contributed by atoms with van der Waals surface area (Å²) in [5.74, 6) is -0.892. The summed E-state index contributed by atoms with van der Waals surface area (Å²) in [6, 6.07) is 4.84. The van der Waals surface area contributed by atoms with Crippen LogP contribution in [-0.2, 0) is 39.3 Å². The fourth-order valence-corrected chi connectivity index (χ4v) is 8.58. The Balaban J connectivity index is 1.17. The number of halogens is 2. The van der Waals surface area contributed by atoms with Crippen molar-refractivity contribution in [3.05, 3.63) is 50.8 Å². The number of likely N-dealkylation sites (tertiary alicyclic amines) is 2. The van der Waals surface area contributed by atoms with Crippen LogP contribution in [-0.4, -0.2) is 76.7 Å². The molecule has 2 fully saturated rings. The van der Waals surface area contributed by atoms with E-state index >= 15 is 0 Å². The van der Waals surface area contributed by atoms with E-state index in [-0.39, 0.29) is 48.6 Å². The number of rotatable bonds is 9. The molecular weight excluding hydrogens is 634 g/mol. The van der Waals surface area contributed by atoms with Crippen LogP contribution >= 0.6 is 0 Å². The van der Waals surface area contributed by atoms with Crippen molar-refractivity contribution >= 4 is 22.7 Å². The lowest BCUT2D eigenvalue weighted by molar-refractivity contribution is -0.286. The van der Waals surface area contributed by atoms with Crippen molar-refractivity contribution in [2.24, 2.45) is 0 Å². The summed E-state index contributed by atoms with van der Waals surface area (Å²) in [5, 5.41) is 0.687. The number of hydrogen-bond acceptors (Lipinski definition) is 9. The topological polar surface area (TPSA) is 103 Å². The number of hydrogen-bond donors (Lipinski definition) is 0. The van der Waals surface area contributed by atoms with Crippen LogP contribution in [0.5, 0.6) is 11.5 Å². The Morgan fingerprint density at radius 2 is 1.59 bits per heavy atom. The van der Waals surface area contributed by atoms with Crippen molar-refractivity contribution in [2.75, 3.05) is 39.3 Å². The summed E-state index contributed by atoms with van der Waals surface area (Å²) in [7, 11) is 0. The van der Waals surface area contributed by atoms with Crippen molar-refractivity contribution in [1.82, 2.24) is 19.4 Å². The number of ketones is 1. The summed E-state index contributed by atoms with van der Waals surface area (Å²) in [5.41, 5.74) is 2.27. The van der Waals surface area contributed by atoms with Crippen molar-refractivity contribution in [1.29, 1.82) is 0 Å². The largest absolute Gasteiger partial charge is 0.586 e. The maximum atomic E-state index is 14.2. The zero-order valence-corrected chi connectivity index (χ0v) is 28.0. The third-order valence-electron chi connectivity index (χ3n) is 11.1. The van der Waals surface area contributed by atoms with Gasteiger partial charge in [-0.15, -0.1) is 8.78 Å². The second-order valence-corrected chi connectivity index (χ2v) is 14.1. The quantitative estimate of drug-likeness (QED) is 0.218. The van der Waals surface area contributed by atoms with Crippen molar-refractivity contribution in [3.63, 3.8) is 0 Å². The molecule has 6 heterocycles. The lowest BCUT2D eigenvalue weighted by atomic mass is 9.91. The van der Waals surface area contributed by atoms with E-state index in [0.717, 1.165) is 63.1 Å². The summed E-state index contributed by atoms with van der Waals surface area (Å²) in [6.07, 6.45) is 5.02. The Labute approximate surface area is 283 Å². The Morgan fingerprint density at radius 3 is 2.29 bits per heavy atom. The zero-order chi connectivity index (χ0) is 33.9. The molecule has 1 unspecified atom stereocenters. The molecule has 5 aliphatic rings. The minimum absolute atomic E-state index is 0.0449. The average Bonchev–Trinajstić information content (AvgIpc) is 3.71. The van der Waals surface area contributed by atoms with Gasteiger partial charge in [-0.1, -0.05) is 19.8 Å². The number of benzene rings is 1. The molecule has 49 heavy (non-hydrogen) atoms. The van der Waals surface area contributed by atoms with E-state index in [9.17, 15) is 23.2 Å². The van der Waals surface area contributed by atoms with Gasteiger partial charge in [0.05, 0.1) is 29.9 Å². The SMILES string of the molecule is CCC1(OC(=O)CCN2CCCCC2)C(=O)Cc2c1cc1n(c2=O)Cc2c-1nc1cc3c(cc1c2CCCN1CCCCC1)OC(F)(F)O3. The number of Topliss-reactive ketones (excluding diaryl/α,β-unsaturated/α-hetero) is 1. The number of ether oxygens (including phenoxy) is 3. The normalized spacial score (nSPS) is 22.7. The van der Waals surface area contributed by atoms with E-state index in [0.29, 0.717) is 46.4 Å². The van der Waals surface area contributed by atoms with Crippen LogP contribution in [0, 0.1) is 0 Å². The molecule has 0 radical (unpaired) electrons. The predicted octanol–water partition coefficient (Wildman–Crippen LogP) is 5.31. The molecule has 0 spiro atoms. The van der Waals surface area contributed by atoms with Gasteiger partial charge in [0.2, 0.25) is 0 Å². The number of aromatic nitrogens is 2. The molecule has 1 aromatic carbocycles. The van der Waals surface area contributed by atoms with Crippen molar-refractivity contribution < 1.29 is 32.6 Å². The summed E-state index contributed by atoms with van der Waals surface area (Å²) in [6.45, 7) is 7.55. The fraction of sp³-hybridized carbons (Fsp3) is 0.568. The van der Waals surface area contributed by atoms with Crippen LogP contribution < -0.4 is 15.0 Å². The first-order chi connectivity index (χ1) is 23.7. The van der Waals surface area contributed by atoms with E-state index in [1.165, 1.54) is 31.7 Å². The number of pyridine rings is 2. The lowest BCUT2D eigenvalue weighted by Gasteiger charge is -2.29. The fourth-order valence-electron chi connectivity index (χ4n) is 8.58. The van der Waals surface area contributed by atoms with Crippen LogP contribution in [0.15, 0.2) is 23.0 Å². The monoisotopic (exact) mass is 676 g/mol. The first-order valence-corrected chi connectivity index (χ1v) is 17.9. The number of fused-ring (bicyclic) bond motifs is 6. The second kappa shape index (κ2) is 12.5. The molecule has 0 saturated carbocycles. The van der Waals surface area contributed by atoms with Gasteiger partial charge < -0.3 is 28.6 Å². The minimum Gasteiger partial charge on any atom is -0.446 e. The lowest BCUT2D eigenvalue weighted by Crippen LogP contribution is -2.38. The molecule has 0 bridgehead atoms. The van der Waals surface area contributed by atoms with Gasteiger partial charge in [0.1, 0.15) is 0 Å². The molecule has 0 N–H and O–H groups in total. The Hall–Kier alpha value is -3.90. The number of nitrogens with zero attached hydrogens (tertiary/aromatic N) is 4. The van der Waals surface area contributed by atoms with E-state index in [1.54, 1.807) is 23.6 Å². The third kappa shape index (κ3) is 5.70. The van der Waals surface area contributed by atoms with Gasteiger partial charge in [0.15, 0.2) is 22.9 Å². The number of carbonyl (C=O) groups is 2. The highest BCUT2D eigenvalue weighted by molar-refractivity contribution is 5.97. The van der Waals surface area contributed by atoms with Crippen LogP contribution in [0.3, 0.4) is 0 Å². The molecule has 2 aromatic heterocycles. The standard InChI is InChI=1S/C37H42F2N4O6/c1-2-36(49-33(45)11-17-42-14-7-4-8-15-42)27-20-29-34-26(22-43(29)35(46)25(27)19-32(36)44)23(10-9-16-41-12-5-3-6-13-41)24-18-30-31(21-28(24)40-34)48-37(38,39)47-30/h18,20-21H,2-17,19,22H2,1H3. The number of aryl methyl sites for hydroxylation is 1. The molecule has 12 heteroatoms. The maximum absolute atomic E-state index is 14.2. The van der Waals surface area contributed by atoms with E-state index < -0.39 is 17.9 Å². The molecule has 0 amide bonds. The van der Waals surface area contributed by atoms with Crippen LogP contribution in [0.1, 0.15) is 87.0 Å². The second-order valence-electron chi connectivity index (χ2n) is 14.1. The molecule has 3 aromatic rings. The number of alkyl halides is 2. The Kier molecular flexibility index (Phi) is 8.21. The Morgan fingerprint density at radius 1 is 0.918 bits per heavy atom. The van der Waals surface area contributed by atoms with E-state index in [2.05, 4.69) is 9.80 Å². The average molecular weight is 677 g/mol. The van der Waals surface area contributed by atoms with Gasteiger partial charge in [-0.05, 0) is 95.4 Å². The number of esters is 1. The first-order valence-electron chi connectivity index (χ1n) is 17.9. The van der Waals surface area contributed by atoms with Gasteiger partial charge >= 0.3 is 12.3 Å². The first kappa shape index (κ1) is 32.3. The van der Waals surface area contributed by atoms with Gasteiger partial charge in [0.25, 0.3) is 5.56 Å². The van der Waals surface area contributed by atoms with E-state index in [1.807, 2.05) is 0 Å². The van der Waals surface area contributed by atoms with Gasteiger partial charge in [-0.2, -0.15) is 0 Å². The summed E-state index contributed by atoms with van der Waals surface area (Å²) in [4.78, 5) is 50.7. The summed E-state index contributed by atoms with van der Waals surface area (Å²) >= 11 is 0. The molecule has 10 nitrogen and oxygen atoms in total. The highest BCUT2D eigenvalue weighted by atomic mass is 19.3. The summed E-state index contributed by atoms with van der Waals surface area (Å²) < 4.78 is 45.5. The van der Waals surface area contributed by atoms with Crippen LogP contribution in [0.25, 0.3) is 22.3 Å². The molecule has 8 rings (SSSR count). The molecule has 1 atom stereocenters. The van der Waals surface area contributed by atoms with Crippen molar-refractivity contribution in [2.45, 2.75) is 96.0 Å². The van der Waals surface area contributed by atoms with E-state index in [4.69, 9.17) is 19.2 Å². The van der Waals surface area contributed by atoms with Gasteiger partial charge in [-0.25, -0.2) is 4.98 Å². The zero-order valence-electron chi connectivity index (χ0n) is 28.0. The molecule has 1 aliphatic carbocycles.